The quantitative estimate of drug-likeness (QED) is 0.362. The predicted molar refractivity (Wildman–Crippen MR) is 137 cm³/mol. The van der Waals surface area contributed by atoms with Gasteiger partial charge in [-0.3, -0.25) is 0 Å². The van der Waals surface area contributed by atoms with Crippen molar-refractivity contribution in [2.45, 2.75) is 29.5 Å². The minimum absolute atomic E-state index is 0.170. The molecule has 0 unspecified atom stereocenters. The third kappa shape index (κ3) is 5.08. The van der Waals surface area contributed by atoms with Crippen LogP contribution in [0.2, 0.25) is 5.02 Å². The molecule has 0 bridgehead atoms. The number of aromatic nitrogens is 2. The monoisotopic (exact) mass is 508 g/mol. The van der Waals surface area contributed by atoms with E-state index < -0.39 is 9.84 Å². The number of rotatable bonds is 5. The molecular weight excluding hydrogens is 488 g/mol. The topological polar surface area (TPSA) is 84.0 Å². The second-order valence-electron chi connectivity index (χ2n) is 7.97. The Labute approximate surface area is 207 Å². The minimum atomic E-state index is -3.49. The van der Waals surface area contributed by atoms with Crippen LogP contribution in [0.5, 0.6) is 0 Å². The molecule has 4 aromatic rings. The molecule has 5 rings (SSSR count). The molecule has 2 aromatic carbocycles. The summed E-state index contributed by atoms with van der Waals surface area (Å²) in [6.45, 7) is 1.02. The molecule has 1 atom stereocenters. The van der Waals surface area contributed by atoms with Gasteiger partial charge in [0.15, 0.2) is 9.84 Å². The van der Waals surface area contributed by atoms with Gasteiger partial charge in [0.1, 0.15) is 17.0 Å². The Balaban J connectivity index is 1.36. The molecule has 0 radical (unpaired) electrons. The first-order valence-electron chi connectivity index (χ1n) is 10.8. The van der Waals surface area contributed by atoms with Crippen molar-refractivity contribution < 1.29 is 8.42 Å². The van der Waals surface area contributed by atoms with Gasteiger partial charge in [-0.05, 0) is 55.3 Å². The highest BCUT2D eigenvalue weighted by Crippen LogP contribution is 2.31. The van der Waals surface area contributed by atoms with Crippen molar-refractivity contribution in [1.29, 1.82) is 0 Å². The van der Waals surface area contributed by atoms with Crippen molar-refractivity contribution >= 4 is 54.5 Å². The fourth-order valence-electron chi connectivity index (χ4n) is 3.78. The molecule has 3 heterocycles. The Hall–Kier alpha value is -2.96. The molecular formula is C25H21ClN4O2S2. The Bertz CT molecular complexity index is 1500. The zero-order chi connectivity index (χ0) is 23.5. The summed E-state index contributed by atoms with van der Waals surface area (Å²) in [5.74, 6) is 7.01. The molecule has 2 aromatic heterocycles. The van der Waals surface area contributed by atoms with E-state index in [0.29, 0.717) is 22.1 Å². The van der Waals surface area contributed by atoms with Crippen molar-refractivity contribution in [3.05, 3.63) is 76.4 Å². The highest BCUT2D eigenvalue weighted by Gasteiger charge is 2.17. The molecule has 2 N–H and O–H groups in total. The van der Waals surface area contributed by atoms with E-state index in [1.165, 1.54) is 17.7 Å². The summed E-state index contributed by atoms with van der Waals surface area (Å²) < 4.78 is 25.4. The van der Waals surface area contributed by atoms with Crippen molar-refractivity contribution in [3.63, 3.8) is 0 Å². The molecule has 0 spiro atoms. The van der Waals surface area contributed by atoms with Crippen molar-refractivity contribution in [1.82, 2.24) is 15.3 Å². The first-order chi connectivity index (χ1) is 16.5. The first-order valence-corrected chi connectivity index (χ1v) is 13.7. The lowest BCUT2D eigenvalue weighted by Crippen LogP contribution is -2.18. The fraction of sp³-hybridized carbons (Fsp3) is 0.200. The van der Waals surface area contributed by atoms with Crippen molar-refractivity contribution in [2.24, 2.45) is 0 Å². The van der Waals surface area contributed by atoms with Crippen LogP contribution in [0.3, 0.4) is 0 Å². The molecule has 1 aliphatic rings. The van der Waals surface area contributed by atoms with Crippen LogP contribution < -0.4 is 10.6 Å². The van der Waals surface area contributed by atoms with Gasteiger partial charge in [-0.1, -0.05) is 47.7 Å². The van der Waals surface area contributed by atoms with Crippen LogP contribution >= 0.6 is 22.9 Å². The number of nitrogens with zero attached hydrogens (tertiary/aromatic N) is 2. The number of halogens is 1. The third-order valence-electron chi connectivity index (χ3n) is 5.52. The molecule has 34 heavy (non-hydrogen) atoms. The average Bonchev–Trinajstić information content (AvgIpc) is 3.50. The molecule has 1 saturated heterocycles. The Morgan fingerprint density at radius 3 is 2.76 bits per heavy atom. The van der Waals surface area contributed by atoms with Gasteiger partial charge in [0.25, 0.3) is 0 Å². The van der Waals surface area contributed by atoms with E-state index >= 15 is 0 Å². The van der Waals surface area contributed by atoms with Crippen LogP contribution in [0.25, 0.3) is 10.2 Å². The smallest absolute Gasteiger partial charge is 0.182 e. The summed E-state index contributed by atoms with van der Waals surface area (Å²) in [5.41, 5.74) is 1.25. The van der Waals surface area contributed by atoms with Crippen LogP contribution in [0.15, 0.2) is 65.8 Å². The lowest BCUT2D eigenvalue weighted by Gasteiger charge is -2.10. The van der Waals surface area contributed by atoms with Crippen LogP contribution in [0.4, 0.5) is 11.5 Å². The summed E-state index contributed by atoms with van der Waals surface area (Å²) >= 11 is 7.99. The number of nitrogens with one attached hydrogen (secondary N) is 2. The Morgan fingerprint density at radius 2 is 2.00 bits per heavy atom. The van der Waals surface area contributed by atoms with Gasteiger partial charge in [0.2, 0.25) is 0 Å². The number of benzene rings is 2. The van der Waals surface area contributed by atoms with Gasteiger partial charge in [0.05, 0.1) is 27.0 Å². The van der Waals surface area contributed by atoms with Gasteiger partial charge >= 0.3 is 0 Å². The molecule has 172 valence electrons. The van der Waals surface area contributed by atoms with Gasteiger partial charge in [-0.2, -0.15) is 0 Å². The number of hydrogen-bond donors (Lipinski definition) is 2. The molecule has 9 heteroatoms. The van der Waals surface area contributed by atoms with E-state index in [4.69, 9.17) is 11.6 Å². The Kier molecular flexibility index (Phi) is 6.53. The first kappa shape index (κ1) is 22.8. The molecule has 1 aliphatic heterocycles. The number of fused-ring (bicyclic) bond motifs is 1. The van der Waals surface area contributed by atoms with Crippen molar-refractivity contribution in [3.8, 4) is 11.8 Å². The van der Waals surface area contributed by atoms with E-state index in [0.717, 1.165) is 34.5 Å². The van der Waals surface area contributed by atoms with Crippen LogP contribution in [0, 0.1) is 11.8 Å². The molecule has 1 fully saturated rings. The van der Waals surface area contributed by atoms with Crippen LogP contribution in [-0.4, -0.2) is 31.0 Å². The van der Waals surface area contributed by atoms with Gasteiger partial charge in [-0.25, -0.2) is 18.4 Å². The summed E-state index contributed by atoms with van der Waals surface area (Å²) in [6.07, 6.45) is 3.75. The fourth-order valence-corrected chi connectivity index (χ4v) is 6.36. The van der Waals surface area contributed by atoms with E-state index in [9.17, 15) is 8.42 Å². The molecule has 0 aliphatic carbocycles. The van der Waals surface area contributed by atoms with Gasteiger partial charge < -0.3 is 10.6 Å². The van der Waals surface area contributed by atoms with Gasteiger partial charge in [-0.15, -0.1) is 11.3 Å². The van der Waals surface area contributed by atoms with Crippen LogP contribution in [0.1, 0.15) is 23.3 Å². The maximum atomic E-state index is 12.7. The molecule has 6 nitrogen and oxygen atoms in total. The summed E-state index contributed by atoms with van der Waals surface area (Å²) in [7, 11) is -3.49. The van der Waals surface area contributed by atoms with E-state index in [2.05, 4.69) is 32.4 Å². The summed E-state index contributed by atoms with van der Waals surface area (Å²) in [5, 5.41) is 7.91. The third-order valence-corrected chi connectivity index (χ3v) is 8.51. The number of sulfone groups is 1. The number of thiophene rings is 1. The predicted octanol–water partition coefficient (Wildman–Crippen LogP) is 5.17. The maximum Gasteiger partial charge on any atom is 0.182 e. The zero-order valence-electron chi connectivity index (χ0n) is 18.1. The maximum absolute atomic E-state index is 12.7. The molecule has 0 saturated carbocycles. The van der Waals surface area contributed by atoms with E-state index in [-0.39, 0.29) is 16.7 Å². The summed E-state index contributed by atoms with van der Waals surface area (Å²) in [4.78, 5) is 10.8. The highest BCUT2D eigenvalue weighted by molar-refractivity contribution is 7.90. The van der Waals surface area contributed by atoms with Crippen molar-refractivity contribution in [2.75, 3.05) is 11.9 Å². The second-order valence-corrected chi connectivity index (χ2v) is 11.4. The summed E-state index contributed by atoms with van der Waals surface area (Å²) in [6, 6.07) is 15.8. The Morgan fingerprint density at radius 1 is 1.15 bits per heavy atom. The largest absolute Gasteiger partial charge is 0.340 e. The standard InChI is InChI=1S/C25H21ClN4O2S2/c26-23-13-19(9-8-17(23)15-34(31,32)21-6-2-1-3-7-21)30-24-22-14-20(33-25(22)29-16-28-24)11-10-18-5-4-12-27-18/h1-3,6-9,13-14,16,18,27H,4-5,12,15H2,(H,28,29,30)/t18-/m1/s1. The number of anilines is 2. The minimum Gasteiger partial charge on any atom is -0.340 e. The normalized spacial score (nSPS) is 15.7. The zero-order valence-corrected chi connectivity index (χ0v) is 20.5. The van der Waals surface area contributed by atoms with Crippen LogP contribution in [-0.2, 0) is 15.6 Å². The lowest BCUT2D eigenvalue weighted by molar-refractivity contribution is 0.595. The van der Waals surface area contributed by atoms with Gasteiger partial charge in [0, 0.05) is 10.7 Å². The van der Waals surface area contributed by atoms with E-state index in [1.807, 2.05) is 6.07 Å². The SMILES string of the molecule is O=S(=O)(Cc1ccc(Nc2ncnc3sc(C#C[C@H]4CCCN4)cc23)cc1Cl)c1ccccc1. The average molecular weight is 509 g/mol. The lowest BCUT2D eigenvalue weighted by atomic mass is 10.2. The highest BCUT2D eigenvalue weighted by atomic mass is 35.5. The second kappa shape index (κ2) is 9.72. The molecule has 0 amide bonds. The van der Waals surface area contributed by atoms with E-state index in [1.54, 1.807) is 48.5 Å². The number of hydrogen-bond acceptors (Lipinski definition) is 7.